The van der Waals surface area contributed by atoms with E-state index in [1.165, 1.54) is 17.0 Å². The summed E-state index contributed by atoms with van der Waals surface area (Å²) in [5.74, 6) is 0.505. The summed E-state index contributed by atoms with van der Waals surface area (Å²) in [6.45, 7) is 3.39. The minimum absolute atomic E-state index is 0. The van der Waals surface area contributed by atoms with Gasteiger partial charge in [0, 0.05) is 33.8 Å². The zero-order valence-electron chi connectivity index (χ0n) is 15.6. The van der Waals surface area contributed by atoms with Crippen molar-refractivity contribution >= 4 is 35.8 Å². The smallest absolute Gasteiger partial charge is 0.243 e. The number of amides is 1. The van der Waals surface area contributed by atoms with E-state index in [2.05, 4.69) is 15.6 Å². The van der Waals surface area contributed by atoms with Crippen LogP contribution in [0.25, 0.3) is 0 Å². The van der Waals surface area contributed by atoms with Gasteiger partial charge in [-0.05, 0) is 19.1 Å². The van der Waals surface area contributed by atoms with Crippen LogP contribution >= 0.6 is 24.0 Å². The first kappa shape index (κ1) is 24.4. The van der Waals surface area contributed by atoms with Crippen molar-refractivity contribution in [3.05, 3.63) is 30.1 Å². The van der Waals surface area contributed by atoms with Gasteiger partial charge in [-0.25, -0.2) is 9.38 Å². The number of carbonyl (C=O) groups is 1. The summed E-state index contributed by atoms with van der Waals surface area (Å²) in [6.07, 6.45) is -0.222. The van der Waals surface area contributed by atoms with Crippen molar-refractivity contribution in [1.82, 2.24) is 15.5 Å². The topological polar surface area (TPSA) is 75.2 Å². The zero-order chi connectivity index (χ0) is 18.7. The minimum Gasteiger partial charge on any atom is -0.489 e. The Morgan fingerprint density at radius 3 is 2.69 bits per heavy atom. The number of carbonyl (C=O) groups excluding carboxylic acids is 1. The molecule has 0 bridgehead atoms. The number of hydrogen-bond acceptors (Lipinski definition) is 4. The van der Waals surface area contributed by atoms with Gasteiger partial charge in [0.25, 0.3) is 0 Å². The number of hydrogen-bond donors (Lipinski definition) is 2. The molecule has 148 valence electrons. The van der Waals surface area contributed by atoms with Crippen molar-refractivity contribution in [2.75, 3.05) is 47.4 Å². The maximum atomic E-state index is 13.2. The van der Waals surface area contributed by atoms with Gasteiger partial charge in [-0.15, -0.1) is 24.0 Å². The predicted octanol–water partition coefficient (Wildman–Crippen LogP) is 1.48. The minimum atomic E-state index is -0.344. The SMILES string of the molecule is COCCNC(=NCC(=O)N(C)C)NCC(C)Oc1cccc(F)c1.I. The number of halogens is 2. The number of methoxy groups -OCH3 is 1. The Hall–Kier alpha value is -1.62. The first-order valence-electron chi connectivity index (χ1n) is 8.06. The standard InChI is InChI=1S/C17H27FN4O3.HI/c1-13(25-15-7-5-6-14(18)10-15)11-20-17(19-8-9-24-4)21-12-16(23)22(2)3;/h5-7,10,13H,8-9,11-12H2,1-4H3,(H2,19,20,21);1H. The van der Waals surface area contributed by atoms with Crippen molar-refractivity contribution in [2.45, 2.75) is 13.0 Å². The Morgan fingerprint density at radius 2 is 2.08 bits per heavy atom. The highest BCUT2D eigenvalue weighted by molar-refractivity contribution is 14.0. The van der Waals surface area contributed by atoms with Crippen LogP contribution in [0.5, 0.6) is 5.75 Å². The van der Waals surface area contributed by atoms with Gasteiger partial charge in [-0.3, -0.25) is 4.79 Å². The molecule has 0 heterocycles. The molecule has 0 radical (unpaired) electrons. The van der Waals surface area contributed by atoms with Gasteiger partial charge in [0.05, 0.1) is 13.2 Å². The van der Waals surface area contributed by atoms with Crippen LogP contribution in [0.15, 0.2) is 29.3 Å². The van der Waals surface area contributed by atoms with Crippen LogP contribution in [0, 0.1) is 5.82 Å². The van der Waals surface area contributed by atoms with Crippen molar-refractivity contribution in [1.29, 1.82) is 0 Å². The Labute approximate surface area is 171 Å². The molecular weight excluding hydrogens is 454 g/mol. The van der Waals surface area contributed by atoms with E-state index in [0.29, 0.717) is 31.4 Å². The fourth-order valence-corrected chi connectivity index (χ4v) is 1.79. The number of guanidine groups is 1. The summed E-state index contributed by atoms with van der Waals surface area (Å²) < 4.78 is 23.8. The van der Waals surface area contributed by atoms with Crippen LogP contribution in [0.1, 0.15) is 6.92 Å². The maximum Gasteiger partial charge on any atom is 0.243 e. The molecule has 1 unspecified atom stereocenters. The second-order valence-corrected chi connectivity index (χ2v) is 5.64. The number of rotatable bonds is 9. The molecule has 0 aliphatic rings. The number of aliphatic imine (C=N–C) groups is 1. The molecule has 26 heavy (non-hydrogen) atoms. The van der Waals surface area contributed by atoms with Crippen molar-refractivity contribution < 1.29 is 18.7 Å². The molecule has 1 aromatic carbocycles. The maximum absolute atomic E-state index is 13.2. The highest BCUT2D eigenvalue weighted by Gasteiger charge is 2.08. The van der Waals surface area contributed by atoms with Crippen molar-refractivity contribution in [2.24, 2.45) is 4.99 Å². The Balaban J connectivity index is 0.00000625. The third-order valence-electron chi connectivity index (χ3n) is 3.16. The third-order valence-corrected chi connectivity index (χ3v) is 3.16. The summed E-state index contributed by atoms with van der Waals surface area (Å²) in [6, 6.07) is 5.98. The Bertz CT molecular complexity index is 573. The summed E-state index contributed by atoms with van der Waals surface area (Å²) in [4.78, 5) is 17.4. The summed E-state index contributed by atoms with van der Waals surface area (Å²) in [5, 5.41) is 6.17. The molecule has 0 saturated heterocycles. The van der Waals surface area contributed by atoms with E-state index < -0.39 is 0 Å². The molecule has 9 heteroatoms. The van der Waals surface area contributed by atoms with Crippen LogP contribution in [0.4, 0.5) is 4.39 Å². The summed E-state index contributed by atoms with van der Waals surface area (Å²) in [7, 11) is 4.97. The first-order valence-corrected chi connectivity index (χ1v) is 8.06. The molecule has 0 aliphatic carbocycles. The van der Waals surface area contributed by atoms with Crippen LogP contribution < -0.4 is 15.4 Å². The average molecular weight is 482 g/mol. The first-order chi connectivity index (χ1) is 11.9. The van der Waals surface area contributed by atoms with E-state index in [1.54, 1.807) is 33.3 Å². The molecule has 0 aromatic heterocycles. The van der Waals surface area contributed by atoms with Gasteiger partial charge in [-0.2, -0.15) is 0 Å². The van der Waals surface area contributed by atoms with E-state index in [-0.39, 0.29) is 48.3 Å². The molecule has 0 aliphatic heterocycles. The zero-order valence-corrected chi connectivity index (χ0v) is 18.0. The Morgan fingerprint density at radius 1 is 1.35 bits per heavy atom. The van der Waals surface area contributed by atoms with Crippen LogP contribution in [-0.4, -0.2) is 70.3 Å². The van der Waals surface area contributed by atoms with Gasteiger partial charge in [0.1, 0.15) is 24.2 Å². The van der Waals surface area contributed by atoms with Crippen molar-refractivity contribution in [3.8, 4) is 5.75 Å². The molecule has 1 aromatic rings. The van der Waals surface area contributed by atoms with Gasteiger partial charge in [0.2, 0.25) is 5.91 Å². The Kier molecular flexibility index (Phi) is 12.7. The monoisotopic (exact) mass is 482 g/mol. The lowest BCUT2D eigenvalue weighted by molar-refractivity contribution is -0.127. The number of likely N-dealkylation sites (N-methyl/N-ethyl adjacent to an activating group) is 1. The van der Waals surface area contributed by atoms with E-state index in [1.807, 2.05) is 6.92 Å². The highest BCUT2D eigenvalue weighted by Crippen LogP contribution is 2.13. The lowest BCUT2D eigenvalue weighted by atomic mass is 10.3. The van der Waals surface area contributed by atoms with Gasteiger partial charge < -0.3 is 25.0 Å². The van der Waals surface area contributed by atoms with E-state index >= 15 is 0 Å². The van der Waals surface area contributed by atoms with Crippen LogP contribution in [0.3, 0.4) is 0 Å². The summed E-state index contributed by atoms with van der Waals surface area (Å²) >= 11 is 0. The number of nitrogens with zero attached hydrogens (tertiary/aromatic N) is 2. The number of ether oxygens (including phenoxy) is 2. The third kappa shape index (κ3) is 10.4. The predicted molar refractivity (Wildman–Crippen MR) is 111 cm³/mol. The number of nitrogens with one attached hydrogen (secondary N) is 2. The molecular formula is C17H28FIN4O3. The lowest BCUT2D eigenvalue weighted by Crippen LogP contribution is -2.43. The number of benzene rings is 1. The summed E-state index contributed by atoms with van der Waals surface area (Å²) in [5.41, 5.74) is 0. The van der Waals surface area contributed by atoms with Crippen molar-refractivity contribution in [3.63, 3.8) is 0 Å². The van der Waals surface area contributed by atoms with E-state index in [0.717, 1.165) is 0 Å². The molecule has 0 spiro atoms. The second kappa shape index (κ2) is 13.6. The molecule has 0 fully saturated rings. The fraction of sp³-hybridized carbons (Fsp3) is 0.529. The lowest BCUT2D eigenvalue weighted by Gasteiger charge is -2.18. The normalized spacial score (nSPS) is 12.0. The molecule has 7 nitrogen and oxygen atoms in total. The highest BCUT2D eigenvalue weighted by atomic mass is 127. The molecule has 0 saturated carbocycles. The van der Waals surface area contributed by atoms with Crippen LogP contribution in [0.2, 0.25) is 0 Å². The fourth-order valence-electron chi connectivity index (χ4n) is 1.79. The largest absolute Gasteiger partial charge is 0.489 e. The van der Waals surface area contributed by atoms with Gasteiger partial charge in [-0.1, -0.05) is 6.07 Å². The molecule has 1 amide bonds. The quantitative estimate of drug-likeness (QED) is 0.242. The van der Waals surface area contributed by atoms with Crippen LogP contribution in [-0.2, 0) is 9.53 Å². The average Bonchev–Trinajstić information content (AvgIpc) is 2.56. The molecule has 2 N–H and O–H groups in total. The van der Waals surface area contributed by atoms with Gasteiger partial charge >= 0.3 is 0 Å². The van der Waals surface area contributed by atoms with Gasteiger partial charge in [0.15, 0.2) is 5.96 Å². The van der Waals surface area contributed by atoms with E-state index in [9.17, 15) is 9.18 Å². The van der Waals surface area contributed by atoms with E-state index in [4.69, 9.17) is 9.47 Å². The second-order valence-electron chi connectivity index (χ2n) is 5.64. The molecule has 1 atom stereocenters. The molecule has 1 rings (SSSR count).